The van der Waals surface area contributed by atoms with Crippen LogP contribution in [0.2, 0.25) is 0 Å². The van der Waals surface area contributed by atoms with Crippen molar-refractivity contribution in [3.05, 3.63) is 41.0 Å². The Morgan fingerprint density at radius 1 is 1.29 bits per heavy atom. The minimum Gasteiger partial charge on any atom is -0.328 e. The van der Waals surface area contributed by atoms with Gasteiger partial charge in [-0.25, -0.2) is 4.98 Å². The highest BCUT2D eigenvalue weighted by Gasteiger charge is 2.12. The Morgan fingerprint density at radius 3 is 2.59 bits per heavy atom. The summed E-state index contributed by atoms with van der Waals surface area (Å²) in [5.74, 6) is 0. The highest BCUT2D eigenvalue weighted by atomic mass is 32.1. The molecule has 1 heterocycles. The molecule has 0 saturated carbocycles. The van der Waals surface area contributed by atoms with Gasteiger partial charge in [0.1, 0.15) is 0 Å². The molecule has 1 unspecified atom stereocenters. The predicted octanol–water partition coefficient (Wildman–Crippen LogP) is 3.26. The van der Waals surface area contributed by atoms with Gasteiger partial charge in [0, 0.05) is 12.5 Å². The van der Waals surface area contributed by atoms with Gasteiger partial charge in [0.05, 0.1) is 15.6 Å². The van der Waals surface area contributed by atoms with Crippen LogP contribution in [0.1, 0.15) is 24.5 Å². The third kappa shape index (κ3) is 2.93. The molecule has 2 N–H and O–H groups in total. The van der Waals surface area contributed by atoms with Gasteiger partial charge in [-0.05, 0) is 18.9 Å². The van der Waals surface area contributed by atoms with Crippen LogP contribution in [-0.4, -0.2) is 11.0 Å². The number of thiazole rings is 1. The van der Waals surface area contributed by atoms with Crippen LogP contribution in [0, 0.1) is 0 Å². The molecule has 3 heteroatoms. The summed E-state index contributed by atoms with van der Waals surface area (Å²) in [7, 11) is 0. The number of rotatable bonds is 4. The summed E-state index contributed by atoms with van der Waals surface area (Å²) in [5, 5.41) is 1.15. The number of aryl methyl sites for hydroxylation is 1. The van der Waals surface area contributed by atoms with Crippen LogP contribution in [0.3, 0.4) is 0 Å². The van der Waals surface area contributed by atoms with E-state index in [1.165, 1.54) is 16.1 Å². The molecule has 0 bridgehead atoms. The molecule has 0 aliphatic rings. The van der Waals surface area contributed by atoms with Crippen molar-refractivity contribution < 1.29 is 0 Å². The summed E-state index contributed by atoms with van der Waals surface area (Å²) < 4.78 is 0. The van der Waals surface area contributed by atoms with Gasteiger partial charge in [-0.3, -0.25) is 0 Å². The molecule has 1 aromatic carbocycles. The van der Waals surface area contributed by atoms with Crippen LogP contribution >= 0.6 is 11.3 Å². The Balaban J connectivity index is 2.36. The summed E-state index contributed by atoms with van der Waals surface area (Å²) in [4.78, 5) is 5.98. The van der Waals surface area contributed by atoms with E-state index in [2.05, 4.69) is 36.2 Å². The average molecular weight is 246 g/mol. The third-order valence-corrected chi connectivity index (χ3v) is 3.78. The fourth-order valence-corrected chi connectivity index (χ4v) is 3.12. The predicted molar refractivity (Wildman–Crippen MR) is 74.3 cm³/mol. The summed E-state index contributed by atoms with van der Waals surface area (Å²) in [6.45, 7) is 4.17. The number of hydrogen-bond donors (Lipinski definition) is 1. The zero-order valence-corrected chi connectivity index (χ0v) is 11.1. The van der Waals surface area contributed by atoms with E-state index in [9.17, 15) is 0 Å². The lowest BCUT2D eigenvalue weighted by molar-refractivity contribution is 0.731. The molecule has 0 radical (unpaired) electrons. The largest absolute Gasteiger partial charge is 0.328 e. The molecule has 0 amide bonds. The standard InChI is InChI=1S/C14H18N2S/c1-3-12-14(11-7-5-4-6-8-11)17-13(16-12)9-10(2)15/h4-8,10H,3,9,15H2,1-2H3. The van der Waals surface area contributed by atoms with Crippen molar-refractivity contribution in [3.63, 3.8) is 0 Å². The topological polar surface area (TPSA) is 38.9 Å². The first-order chi connectivity index (χ1) is 8.20. The van der Waals surface area contributed by atoms with Crippen molar-refractivity contribution >= 4 is 11.3 Å². The fraction of sp³-hybridized carbons (Fsp3) is 0.357. The Kier molecular flexibility index (Phi) is 3.92. The Morgan fingerprint density at radius 2 is 2.00 bits per heavy atom. The third-order valence-electron chi connectivity index (χ3n) is 2.61. The first kappa shape index (κ1) is 12.3. The molecule has 2 nitrogen and oxygen atoms in total. The van der Waals surface area contributed by atoms with E-state index in [1.54, 1.807) is 11.3 Å². The first-order valence-electron chi connectivity index (χ1n) is 6.00. The highest BCUT2D eigenvalue weighted by Crippen LogP contribution is 2.31. The van der Waals surface area contributed by atoms with Crippen LogP contribution in [0.25, 0.3) is 10.4 Å². The maximum Gasteiger partial charge on any atom is 0.0950 e. The maximum atomic E-state index is 5.83. The number of hydrogen-bond acceptors (Lipinski definition) is 3. The summed E-state index contributed by atoms with van der Waals surface area (Å²) in [5.41, 5.74) is 8.28. The van der Waals surface area contributed by atoms with Gasteiger partial charge in [0.25, 0.3) is 0 Å². The number of aromatic nitrogens is 1. The smallest absolute Gasteiger partial charge is 0.0950 e. The molecule has 17 heavy (non-hydrogen) atoms. The Bertz CT molecular complexity index is 474. The van der Waals surface area contributed by atoms with Crippen molar-refractivity contribution in [1.82, 2.24) is 4.98 Å². The molecule has 1 atom stereocenters. The maximum absolute atomic E-state index is 5.83. The van der Waals surface area contributed by atoms with E-state index in [0.717, 1.165) is 17.8 Å². The van der Waals surface area contributed by atoms with Crippen molar-refractivity contribution in [3.8, 4) is 10.4 Å². The van der Waals surface area contributed by atoms with Crippen molar-refractivity contribution in [2.75, 3.05) is 0 Å². The Hall–Kier alpha value is -1.19. The second-order valence-corrected chi connectivity index (χ2v) is 5.37. The van der Waals surface area contributed by atoms with Crippen molar-refractivity contribution in [1.29, 1.82) is 0 Å². The van der Waals surface area contributed by atoms with Crippen LogP contribution in [0.5, 0.6) is 0 Å². The molecule has 0 aliphatic carbocycles. The zero-order chi connectivity index (χ0) is 12.3. The monoisotopic (exact) mass is 246 g/mol. The lowest BCUT2D eigenvalue weighted by Gasteiger charge is -1.99. The second kappa shape index (κ2) is 5.43. The van der Waals surface area contributed by atoms with E-state index < -0.39 is 0 Å². The van der Waals surface area contributed by atoms with Gasteiger partial charge in [-0.15, -0.1) is 11.3 Å². The SMILES string of the molecule is CCc1nc(CC(C)N)sc1-c1ccccc1. The molecule has 2 aromatic rings. The molecule has 2 rings (SSSR count). The van der Waals surface area contributed by atoms with Gasteiger partial charge in [-0.1, -0.05) is 37.3 Å². The van der Waals surface area contributed by atoms with Crippen molar-refractivity contribution in [2.45, 2.75) is 32.7 Å². The van der Waals surface area contributed by atoms with Gasteiger partial charge < -0.3 is 5.73 Å². The van der Waals surface area contributed by atoms with Gasteiger partial charge in [0.2, 0.25) is 0 Å². The number of benzene rings is 1. The van der Waals surface area contributed by atoms with Crippen LogP contribution < -0.4 is 5.73 Å². The zero-order valence-electron chi connectivity index (χ0n) is 10.3. The van der Waals surface area contributed by atoms with Gasteiger partial charge in [0.15, 0.2) is 0 Å². The van der Waals surface area contributed by atoms with E-state index in [1.807, 2.05) is 13.0 Å². The quantitative estimate of drug-likeness (QED) is 0.899. The molecule has 0 fully saturated rings. The Labute approximate surface area is 107 Å². The summed E-state index contributed by atoms with van der Waals surface area (Å²) >= 11 is 1.77. The minimum absolute atomic E-state index is 0.175. The number of nitrogens with zero attached hydrogens (tertiary/aromatic N) is 1. The van der Waals surface area contributed by atoms with Crippen LogP contribution in [-0.2, 0) is 12.8 Å². The molecule has 0 aliphatic heterocycles. The first-order valence-corrected chi connectivity index (χ1v) is 6.82. The molecule has 0 saturated heterocycles. The minimum atomic E-state index is 0.175. The van der Waals surface area contributed by atoms with E-state index in [-0.39, 0.29) is 6.04 Å². The fourth-order valence-electron chi connectivity index (χ4n) is 1.82. The molecule has 90 valence electrons. The van der Waals surface area contributed by atoms with E-state index >= 15 is 0 Å². The van der Waals surface area contributed by atoms with Gasteiger partial charge in [-0.2, -0.15) is 0 Å². The van der Waals surface area contributed by atoms with Gasteiger partial charge >= 0.3 is 0 Å². The second-order valence-electron chi connectivity index (χ2n) is 4.28. The summed E-state index contributed by atoms with van der Waals surface area (Å²) in [6, 6.07) is 10.6. The molecular weight excluding hydrogens is 228 g/mol. The van der Waals surface area contributed by atoms with Crippen LogP contribution in [0.4, 0.5) is 0 Å². The number of nitrogens with two attached hydrogens (primary N) is 1. The van der Waals surface area contributed by atoms with E-state index in [0.29, 0.717) is 0 Å². The lowest BCUT2D eigenvalue weighted by Crippen LogP contribution is -2.17. The molecule has 1 aromatic heterocycles. The van der Waals surface area contributed by atoms with Crippen LogP contribution in [0.15, 0.2) is 30.3 Å². The highest BCUT2D eigenvalue weighted by molar-refractivity contribution is 7.15. The van der Waals surface area contributed by atoms with E-state index in [4.69, 9.17) is 5.73 Å². The summed E-state index contributed by atoms with van der Waals surface area (Å²) in [6.07, 6.45) is 1.84. The lowest BCUT2D eigenvalue weighted by atomic mass is 10.1. The molecular formula is C14H18N2S. The average Bonchev–Trinajstić information content (AvgIpc) is 2.72. The van der Waals surface area contributed by atoms with Crippen molar-refractivity contribution in [2.24, 2.45) is 5.73 Å². The normalized spacial score (nSPS) is 12.6. The molecule has 0 spiro atoms.